The van der Waals surface area contributed by atoms with Gasteiger partial charge in [0.25, 0.3) is 11.8 Å². The Hall–Kier alpha value is -2.38. The van der Waals surface area contributed by atoms with Crippen LogP contribution in [0.4, 0.5) is 5.69 Å². The number of ether oxygens (including phenoxy) is 1. The lowest BCUT2D eigenvalue weighted by molar-refractivity contribution is 0.0948. The van der Waals surface area contributed by atoms with E-state index in [4.69, 9.17) is 4.74 Å². The molecule has 2 aromatic carbocycles. The second-order valence-electron chi connectivity index (χ2n) is 7.87. The SMILES string of the molecule is CCCCCCOc1ccc(C(=O)Nc2ccc(C(=O)NCCN(CC)CC)cc2)cc1Br. The van der Waals surface area contributed by atoms with E-state index in [9.17, 15) is 9.59 Å². The van der Waals surface area contributed by atoms with Crippen molar-refractivity contribution in [3.05, 3.63) is 58.1 Å². The maximum absolute atomic E-state index is 12.6. The van der Waals surface area contributed by atoms with Gasteiger partial charge in [0.2, 0.25) is 0 Å². The highest BCUT2D eigenvalue weighted by molar-refractivity contribution is 9.10. The van der Waals surface area contributed by atoms with Crippen molar-refractivity contribution in [1.29, 1.82) is 0 Å². The molecule has 2 rings (SSSR count). The van der Waals surface area contributed by atoms with E-state index in [0.29, 0.717) is 30.0 Å². The summed E-state index contributed by atoms with van der Waals surface area (Å²) in [5, 5.41) is 5.81. The number of nitrogens with zero attached hydrogens (tertiary/aromatic N) is 1. The molecule has 2 N–H and O–H groups in total. The first kappa shape index (κ1) is 26.9. The number of amides is 2. The summed E-state index contributed by atoms with van der Waals surface area (Å²) in [7, 11) is 0. The van der Waals surface area contributed by atoms with Crippen LogP contribution in [0, 0.1) is 0 Å². The Morgan fingerprint density at radius 2 is 1.61 bits per heavy atom. The number of hydrogen-bond donors (Lipinski definition) is 2. The summed E-state index contributed by atoms with van der Waals surface area (Å²) in [5.74, 6) is 0.398. The molecule has 0 unspecified atom stereocenters. The van der Waals surface area contributed by atoms with Gasteiger partial charge < -0.3 is 20.3 Å². The van der Waals surface area contributed by atoms with Crippen LogP contribution in [0.15, 0.2) is 46.9 Å². The molecule has 2 aromatic rings. The predicted octanol–water partition coefficient (Wildman–Crippen LogP) is 5.73. The van der Waals surface area contributed by atoms with Crippen molar-refractivity contribution in [2.75, 3.05) is 38.1 Å². The second-order valence-corrected chi connectivity index (χ2v) is 8.72. The first-order valence-corrected chi connectivity index (χ1v) is 12.6. The van der Waals surface area contributed by atoms with Crippen LogP contribution < -0.4 is 15.4 Å². The maximum atomic E-state index is 12.6. The van der Waals surface area contributed by atoms with Crippen LogP contribution in [0.25, 0.3) is 0 Å². The number of anilines is 1. The molecule has 0 aliphatic carbocycles. The zero-order chi connectivity index (χ0) is 24.1. The molecule has 0 aliphatic rings. The zero-order valence-electron chi connectivity index (χ0n) is 20.0. The zero-order valence-corrected chi connectivity index (χ0v) is 21.5. The molecule has 2 amide bonds. The third-order valence-electron chi connectivity index (χ3n) is 5.46. The lowest BCUT2D eigenvalue weighted by Crippen LogP contribution is -2.34. The summed E-state index contributed by atoms with van der Waals surface area (Å²) >= 11 is 3.50. The van der Waals surface area contributed by atoms with Crippen LogP contribution in [-0.4, -0.2) is 49.5 Å². The molecule has 0 saturated heterocycles. The number of carbonyl (C=O) groups excluding carboxylic acids is 2. The molecule has 7 heteroatoms. The van der Waals surface area contributed by atoms with Gasteiger partial charge in [0.05, 0.1) is 11.1 Å². The van der Waals surface area contributed by atoms with E-state index in [-0.39, 0.29) is 11.8 Å². The number of unbranched alkanes of at least 4 members (excludes halogenated alkanes) is 3. The standard InChI is InChI=1S/C26H36BrN3O3/c1-4-7-8-9-18-33-24-15-12-21(19-23(24)27)26(32)29-22-13-10-20(11-14-22)25(31)28-16-17-30(5-2)6-3/h10-15,19H,4-9,16-18H2,1-3H3,(H,28,31)(H,29,32). The van der Waals surface area contributed by atoms with Crippen molar-refractivity contribution in [2.45, 2.75) is 46.5 Å². The Kier molecular flexibility index (Phi) is 12.0. The number of carbonyl (C=O) groups is 2. The van der Waals surface area contributed by atoms with Gasteiger partial charge in [-0.3, -0.25) is 9.59 Å². The predicted molar refractivity (Wildman–Crippen MR) is 138 cm³/mol. The van der Waals surface area contributed by atoms with Crippen molar-refractivity contribution in [1.82, 2.24) is 10.2 Å². The van der Waals surface area contributed by atoms with E-state index in [2.05, 4.69) is 52.2 Å². The van der Waals surface area contributed by atoms with Crippen molar-refractivity contribution in [3.8, 4) is 5.75 Å². The summed E-state index contributed by atoms with van der Waals surface area (Å²) in [6, 6.07) is 12.2. The summed E-state index contributed by atoms with van der Waals surface area (Å²) in [6.45, 7) is 10.4. The fraction of sp³-hybridized carbons (Fsp3) is 0.462. The molecule has 0 aliphatic heterocycles. The Bertz CT molecular complexity index is 883. The summed E-state index contributed by atoms with van der Waals surface area (Å²) < 4.78 is 6.56. The van der Waals surface area contributed by atoms with E-state index < -0.39 is 0 Å². The minimum Gasteiger partial charge on any atom is -0.492 e. The van der Waals surface area contributed by atoms with E-state index in [1.807, 2.05) is 6.07 Å². The van der Waals surface area contributed by atoms with Gasteiger partial charge in [0, 0.05) is 29.9 Å². The summed E-state index contributed by atoms with van der Waals surface area (Å²) in [6.07, 6.45) is 4.59. The normalized spacial score (nSPS) is 10.8. The van der Waals surface area contributed by atoms with Crippen molar-refractivity contribution in [3.63, 3.8) is 0 Å². The molecule has 33 heavy (non-hydrogen) atoms. The van der Waals surface area contributed by atoms with Gasteiger partial charge >= 0.3 is 0 Å². The molecule has 0 heterocycles. The minimum absolute atomic E-state index is 0.116. The molecule has 0 saturated carbocycles. The van der Waals surface area contributed by atoms with E-state index in [0.717, 1.165) is 42.7 Å². The van der Waals surface area contributed by atoms with Crippen LogP contribution in [-0.2, 0) is 0 Å². The smallest absolute Gasteiger partial charge is 0.255 e. The fourth-order valence-electron chi connectivity index (χ4n) is 3.35. The van der Waals surface area contributed by atoms with Gasteiger partial charge in [-0.05, 0) is 77.9 Å². The summed E-state index contributed by atoms with van der Waals surface area (Å²) in [4.78, 5) is 27.2. The van der Waals surface area contributed by atoms with Crippen LogP contribution >= 0.6 is 15.9 Å². The number of rotatable bonds is 14. The van der Waals surface area contributed by atoms with Crippen LogP contribution in [0.5, 0.6) is 5.75 Å². The lowest BCUT2D eigenvalue weighted by Gasteiger charge is -2.18. The number of hydrogen-bond acceptors (Lipinski definition) is 4. The third kappa shape index (κ3) is 9.18. The number of nitrogens with one attached hydrogen (secondary N) is 2. The Labute approximate surface area is 206 Å². The lowest BCUT2D eigenvalue weighted by atomic mass is 10.1. The molecule has 0 atom stereocenters. The average Bonchev–Trinajstić information content (AvgIpc) is 2.83. The van der Waals surface area contributed by atoms with Gasteiger partial charge in [-0.15, -0.1) is 0 Å². The van der Waals surface area contributed by atoms with Gasteiger partial charge in [0.1, 0.15) is 5.75 Å². The molecular weight excluding hydrogens is 482 g/mol. The summed E-state index contributed by atoms with van der Waals surface area (Å²) in [5.41, 5.74) is 1.72. The Balaban J connectivity index is 1.86. The number of halogens is 1. The van der Waals surface area contributed by atoms with E-state index >= 15 is 0 Å². The molecular formula is C26H36BrN3O3. The second kappa shape index (κ2) is 14.7. The third-order valence-corrected chi connectivity index (χ3v) is 6.08. The topological polar surface area (TPSA) is 70.7 Å². The molecule has 0 spiro atoms. The first-order chi connectivity index (χ1) is 16.0. The molecule has 0 radical (unpaired) electrons. The largest absolute Gasteiger partial charge is 0.492 e. The van der Waals surface area contributed by atoms with Crippen molar-refractivity contribution < 1.29 is 14.3 Å². The molecule has 0 bridgehead atoms. The molecule has 180 valence electrons. The maximum Gasteiger partial charge on any atom is 0.255 e. The first-order valence-electron chi connectivity index (χ1n) is 11.8. The fourth-order valence-corrected chi connectivity index (χ4v) is 3.84. The van der Waals surface area contributed by atoms with Gasteiger partial charge in [0.15, 0.2) is 0 Å². The molecule has 6 nitrogen and oxygen atoms in total. The number of benzene rings is 2. The van der Waals surface area contributed by atoms with Gasteiger partial charge in [-0.25, -0.2) is 0 Å². The highest BCUT2D eigenvalue weighted by atomic mass is 79.9. The Morgan fingerprint density at radius 3 is 2.24 bits per heavy atom. The van der Waals surface area contributed by atoms with Crippen LogP contribution in [0.3, 0.4) is 0 Å². The van der Waals surface area contributed by atoms with E-state index in [1.165, 1.54) is 12.8 Å². The van der Waals surface area contributed by atoms with Gasteiger partial charge in [-0.2, -0.15) is 0 Å². The average molecular weight is 518 g/mol. The quantitative estimate of drug-likeness (QED) is 0.314. The van der Waals surface area contributed by atoms with Crippen molar-refractivity contribution in [2.24, 2.45) is 0 Å². The van der Waals surface area contributed by atoms with Crippen LogP contribution in [0.1, 0.15) is 67.2 Å². The molecule has 0 aromatic heterocycles. The van der Waals surface area contributed by atoms with Crippen LogP contribution in [0.2, 0.25) is 0 Å². The van der Waals surface area contributed by atoms with E-state index in [1.54, 1.807) is 36.4 Å². The molecule has 0 fully saturated rings. The highest BCUT2D eigenvalue weighted by Gasteiger charge is 2.11. The monoisotopic (exact) mass is 517 g/mol. The minimum atomic E-state index is -0.221. The Morgan fingerprint density at radius 1 is 0.909 bits per heavy atom. The number of likely N-dealkylation sites (N-methyl/N-ethyl adjacent to an activating group) is 1. The van der Waals surface area contributed by atoms with Crippen molar-refractivity contribution >= 4 is 33.4 Å². The highest BCUT2D eigenvalue weighted by Crippen LogP contribution is 2.27. The van der Waals surface area contributed by atoms with Gasteiger partial charge in [-0.1, -0.05) is 40.0 Å².